The van der Waals surface area contributed by atoms with Crippen LogP contribution in [0.15, 0.2) is 24.3 Å². The van der Waals surface area contributed by atoms with Gasteiger partial charge < -0.3 is 10.2 Å². The minimum absolute atomic E-state index is 0.0579. The van der Waals surface area contributed by atoms with E-state index in [-0.39, 0.29) is 5.91 Å². The van der Waals surface area contributed by atoms with Crippen LogP contribution < -0.4 is 5.32 Å². The minimum Gasteiger partial charge on any atom is -0.352 e. The van der Waals surface area contributed by atoms with Crippen LogP contribution in [0.1, 0.15) is 36.2 Å². The van der Waals surface area contributed by atoms with Gasteiger partial charge in [-0.1, -0.05) is 0 Å². The molecular weight excluding hydrogens is 250 g/mol. The number of amides is 1. The van der Waals surface area contributed by atoms with Gasteiger partial charge in [-0.3, -0.25) is 4.79 Å². The number of carbonyl (C=O) groups is 1. The van der Waals surface area contributed by atoms with Crippen LogP contribution in [-0.4, -0.2) is 36.5 Å². The van der Waals surface area contributed by atoms with Crippen molar-refractivity contribution in [3.63, 3.8) is 0 Å². The summed E-state index contributed by atoms with van der Waals surface area (Å²) in [7, 11) is 0. The van der Waals surface area contributed by atoms with Gasteiger partial charge in [0.05, 0.1) is 11.6 Å². The largest absolute Gasteiger partial charge is 0.352 e. The van der Waals surface area contributed by atoms with Crippen molar-refractivity contribution < 1.29 is 4.79 Å². The van der Waals surface area contributed by atoms with E-state index in [0.29, 0.717) is 23.1 Å². The van der Waals surface area contributed by atoms with E-state index in [2.05, 4.69) is 24.1 Å². The molecule has 1 atom stereocenters. The van der Waals surface area contributed by atoms with Crippen LogP contribution in [0.25, 0.3) is 0 Å². The van der Waals surface area contributed by atoms with Crippen LogP contribution in [0.5, 0.6) is 0 Å². The highest BCUT2D eigenvalue weighted by Gasteiger charge is 2.24. The summed E-state index contributed by atoms with van der Waals surface area (Å²) in [5.41, 5.74) is 1.19. The van der Waals surface area contributed by atoms with Gasteiger partial charge in [-0.05, 0) is 57.0 Å². The zero-order valence-electron chi connectivity index (χ0n) is 12.1. The number of carbonyl (C=O) groups excluding carboxylic acids is 1. The highest BCUT2D eigenvalue weighted by atomic mass is 16.1. The molecule has 1 aromatic rings. The maximum absolute atomic E-state index is 12.0. The van der Waals surface area contributed by atoms with E-state index < -0.39 is 0 Å². The van der Waals surface area contributed by atoms with Gasteiger partial charge in [0, 0.05) is 24.7 Å². The molecule has 1 N–H and O–H groups in total. The van der Waals surface area contributed by atoms with Crippen molar-refractivity contribution in [3.05, 3.63) is 35.4 Å². The molecule has 0 spiro atoms. The Morgan fingerprint density at radius 2 is 2.15 bits per heavy atom. The Morgan fingerprint density at radius 3 is 2.70 bits per heavy atom. The molecule has 1 fully saturated rings. The minimum atomic E-state index is -0.0579. The Morgan fingerprint density at radius 1 is 1.45 bits per heavy atom. The van der Waals surface area contributed by atoms with E-state index in [1.165, 1.54) is 0 Å². The van der Waals surface area contributed by atoms with Crippen LogP contribution >= 0.6 is 0 Å². The summed E-state index contributed by atoms with van der Waals surface area (Å²) >= 11 is 0. The summed E-state index contributed by atoms with van der Waals surface area (Å²) < 4.78 is 0. The van der Waals surface area contributed by atoms with E-state index in [1.54, 1.807) is 24.3 Å². The molecule has 1 aliphatic rings. The molecule has 2 rings (SSSR count). The number of hydrogen-bond donors (Lipinski definition) is 1. The second-order valence-corrected chi connectivity index (χ2v) is 5.64. The molecule has 1 heterocycles. The molecule has 4 nitrogen and oxygen atoms in total. The molecule has 106 valence electrons. The molecule has 1 saturated heterocycles. The first kappa shape index (κ1) is 14.5. The molecule has 20 heavy (non-hydrogen) atoms. The predicted octanol–water partition coefficient (Wildman–Crippen LogP) is 2.02. The molecule has 0 bridgehead atoms. The van der Waals surface area contributed by atoms with Crippen molar-refractivity contribution in [1.29, 1.82) is 5.26 Å². The third-order valence-electron chi connectivity index (χ3n) is 3.88. The number of nitrogens with zero attached hydrogens (tertiary/aromatic N) is 2. The Bertz CT molecular complexity index is 501. The van der Waals surface area contributed by atoms with E-state index in [0.717, 1.165) is 26.1 Å². The quantitative estimate of drug-likeness (QED) is 0.911. The van der Waals surface area contributed by atoms with E-state index in [4.69, 9.17) is 5.26 Å². The molecule has 0 aromatic heterocycles. The predicted molar refractivity (Wildman–Crippen MR) is 78.3 cm³/mol. The van der Waals surface area contributed by atoms with Crippen molar-refractivity contribution in [2.75, 3.05) is 19.6 Å². The van der Waals surface area contributed by atoms with Gasteiger partial charge in [-0.25, -0.2) is 0 Å². The molecule has 1 aliphatic heterocycles. The highest BCUT2D eigenvalue weighted by Crippen LogP contribution is 2.17. The van der Waals surface area contributed by atoms with Crippen molar-refractivity contribution in [2.24, 2.45) is 5.92 Å². The van der Waals surface area contributed by atoms with Gasteiger partial charge >= 0.3 is 0 Å². The first-order valence-corrected chi connectivity index (χ1v) is 7.12. The second-order valence-electron chi connectivity index (χ2n) is 5.64. The fraction of sp³-hybridized carbons (Fsp3) is 0.500. The van der Waals surface area contributed by atoms with Crippen molar-refractivity contribution in [2.45, 2.75) is 26.3 Å². The normalized spacial score (nSPS) is 19.0. The molecule has 1 unspecified atom stereocenters. The first-order valence-electron chi connectivity index (χ1n) is 7.12. The Labute approximate surface area is 120 Å². The smallest absolute Gasteiger partial charge is 0.251 e. The maximum atomic E-state index is 12.0. The molecule has 1 amide bonds. The summed E-state index contributed by atoms with van der Waals surface area (Å²) in [4.78, 5) is 14.5. The summed E-state index contributed by atoms with van der Waals surface area (Å²) in [5.74, 6) is 0.484. The van der Waals surface area contributed by atoms with Gasteiger partial charge in [0.25, 0.3) is 5.91 Å². The lowest BCUT2D eigenvalue weighted by Gasteiger charge is -2.20. The van der Waals surface area contributed by atoms with E-state index in [9.17, 15) is 4.79 Å². The summed E-state index contributed by atoms with van der Waals surface area (Å²) in [6.07, 6.45) is 1.14. The van der Waals surface area contributed by atoms with Crippen LogP contribution in [0, 0.1) is 17.2 Å². The first-order chi connectivity index (χ1) is 9.60. The Hall–Kier alpha value is -1.86. The molecule has 0 saturated carbocycles. The summed E-state index contributed by atoms with van der Waals surface area (Å²) in [6, 6.07) is 9.36. The number of rotatable bonds is 4. The van der Waals surface area contributed by atoms with Gasteiger partial charge in [-0.15, -0.1) is 0 Å². The highest BCUT2D eigenvalue weighted by molar-refractivity contribution is 5.94. The molecule has 1 aromatic carbocycles. The average Bonchev–Trinajstić information content (AvgIpc) is 2.94. The van der Waals surface area contributed by atoms with Gasteiger partial charge in [0.1, 0.15) is 0 Å². The number of nitriles is 1. The standard InChI is InChI=1S/C16H21N3O/c1-12(2)19-8-7-14(11-19)10-18-16(20)15-5-3-13(9-17)4-6-15/h3-6,12,14H,7-8,10-11H2,1-2H3,(H,18,20). The number of benzene rings is 1. The lowest BCUT2D eigenvalue weighted by Crippen LogP contribution is -2.32. The Kier molecular flexibility index (Phi) is 4.75. The zero-order valence-corrected chi connectivity index (χ0v) is 12.1. The fourth-order valence-electron chi connectivity index (χ4n) is 2.53. The molecule has 0 aliphatic carbocycles. The Balaban J connectivity index is 1.82. The number of hydrogen-bond acceptors (Lipinski definition) is 3. The van der Waals surface area contributed by atoms with E-state index in [1.807, 2.05) is 6.07 Å². The van der Waals surface area contributed by atoms with Crippen LogP contribution in [-0.2, 0) is 0 Å². The number of nitrogens with one attached hydrogen (secondary N) is 1. The second kappa shape index (κ2) is 6.53. The molecule has 4 heteroatoms. The third kappa shape index (κ3) is 3.58. The fourth-order valence-corrected chi connectivity index (χ4v) is 2.53. The monoisotopic (exact) mass is 271 g/mol. The molecule has 0 radical (unpaired) electrons. The maximum Gasteiger partial charge on any atom is 0.251 e. The lowest BCUT2D eigenvalue weighted by atomic mass is 10.1. The van der Waals surface area contributed by atoms with Gasteiger partial charge in [-0.2, -0.15) is 5.26 Å². The van der Waals surface area contributed by atoms with Crippen LogP contribution in [0.2, 0.25) is 0 Å². The van der Waals surface area contributed by atoms with Crippen molar-refractivity contribution in [3.8, 4) is 6.07 Å². The summed E-state index contributed by atoms with van der Waals surface area (Å²) in [5, 5.41) is 11.7. The lowest BCUT2D eigenvalue weighted by molar-refractivity contribution is 0.0947. The van der Waals surface area contributed by atoms with E-state index >= 15 is 0 Å². The topological polar surface area (TPSA) is 56.1 Å². The molecular formula is C16H21N3O. The van der Waals surface area contributed by atoms with Crippen LogP contribution in [0.4, 0.5) is 0 Å². The van der Waals surface area contributed by atoms with Crippen LogP contribution in [0.3, 0.4) is 0 Å². The van der Waals surface area contributed by atoms with Gasteiger partial charge in [0.15, 0.2) is 0 Å². The summed E-state index contributed by atoms with van der Waals surface area (Å²) in [6.45, 7) is 7.32. The SMILES string of the molecule is CC(C)N1CCC(CNC(=O)c2ccc(C#N)cc2)C1. The van der Waals surface area contributed by atoms with Gasteiger partial charge in [0.2, 0.25) is 0 Å². The number of likely N-dealkylation sites (tertiary alicyclic amines) is 1. The van der Waals surface area contributed by atoms with Crippen molar-refractivity contribution in [1.82, 2.24) is 10.2 Å². The zero-order chi connectivity index (χ0) is 14.5. The third-order valence-corrected chi connectivity index (χ3v) is 3.88. The van der Waals surface area contributed by atoms with Crippen molar-refractivity contribution >= 4 is 5.91 Å². The average molecular weight is 271 g/mol.